The molecule has 166 valence electrons. The predicted molar refractivity (Wildman–Crippen MR) is 119 cm³/mol. The van der Waals surface area contributed by atoms with Crippen LogP contribution in [-0.2, 0) is 11.3 Å². The first-order chi connectivity index (χ1) is 15.1. The van der Waals surface area contributed by atoms with E-state index >= 15 is 0 Å². The minimum absolute atomic E-state index is 0.314. The number of hydrogen-bond donors (Lipinski definition) is 0. The number of ether oxygens (including phenoxy) is 5. The summed E-state index contributed by atoms with van der Waals surface area (Å²) in [6.45, 7) is 3.49. The van der Waals surface area contributed by atoms with E-state index in [4.69, 9.17) is 23.7 Å². The van der Waals surface area contributed by atoms with E-state index in [1.807, 2.05) is 23.6 Å². The second-order valence-electron chi connectivity index (χ2n) is 6.36. The zero-order valence-corrected chi connectivity index (χ0v) is 19.1. The molecule has 2 aromatic carbocycles. The number of nitrogens with zero attached hydrogens (tertiary/aromatic N) is 2. The van der Waals surface area contributed by atoms with E-state index < -0.39 is 5.91 Å². The Morgan fingerprint density at radius 2 is 1.65 bits per heavy atom. The molecule has 1 heterocycles. The van der Waals surface area contributed by atoms with Gasteiger partial charge < -0.3 is 28.3 Å². The lowest BCUT2D eigenvalue weighted by Gasteiger charge is -2.10. The Hall–Kier alpha value is -3.04. The van der Waals surface area contributed by atoms with Crippen molar-refractivity contribution in [3.63, 3.8) is 0 Å². The maximum atomic E-state index is 13.1. The molecule has 0 fully saturated rings. The van der Waals surface area contributed by atoms with Crippen LogP contribution in [0.4, 0.5) is 0 Å². The Bertz CT molecular complexity index is 1130. The molecule has 0 aliphatic heterocycles. The molecule has 31 heavy (non-hydrogen) atoms. The second-order valence-corrected chi connectivity index (χ2v) is 7.34. The molecule has 8 nitrogen and oxygen atoms in total. The first-order valence-corrected chi connectivity index (χ1v) is 10.5. The molecule has 0 unspecified atom stereocenters. The van der Waals surface area contributed by atoms with Gasteiger partial charge in [-0.25, -0.2) is 0 Å². The van der Waals surface area contributed by atoms with Gasteiger partial charge in [0.25, 0.3) is 5.91 Å². The zero-order chi connectivity index (χ0) is 22.4. The molecule has 0 spiro atoms. The third kappa shape index (κ3) is 4.67. The zero-order valence-electron chi connectivity index (χ0n) is 18.3. The van der Waals surface area contributed by atoms with E-state index in [0.29, 0.717) is 53.1 Å². The number of carbonyl (C=O) groups is 1. The standard InChI is InChI=1S/C22H26N2O6S/c1-6-30-12-11-24-19-17(28-4)9-10-18(29-5)20(19)31-22(24)23-21(25)15-13-14(26-2)7-8-16(15)27-3/h7-10,13H,6,11-12H2,1-5H3. The molecule has 0 radical (unpaired) electrons. The summed E-state index contributed by atoms with van der Waals surface area (Å²) in [7, 11) is 6.26. The molecule has 0 saturated heterocycles. The van der Waals surface area contributed by atoms with Crippen molar-refractivity contribution in [3.05, 3.63) is 40.7 Å². The largest absolute Gasteiger partial charge is 0.497 e. The quantitative estimate of drug-likeness (QED) is 0.468. The summed E-state index contributed by atoms with van der Waals surface area (Å²) in [6.07, 6.45) is 0. The highest BCUT2D eigenvalue weighted by atomic mass is 32.1. The summed E-state index contributed by atoms with van der Waals surface area (Å²) < 4.78 is 30.0. The Morgan fingerprint density at radius 1 is 0.968 bits per heavy atom. The summed E-state index contributed by atoms with van der Waals surface area (Å²) >= 11 is 1.35. The number of methoxy groups -OCH3 is 4. The summed E-state index contributed by atoms with van der Waals surface area (Å²) in [6, 6.07) is 8.70. The molecule has 0 atom stereocenters. The number of thiazole rings is 1. The van der Waals surface area contributed by atoms with Gasteiger partial charge in [0.1, 0.15) is 33.2 Å². The third-order valence-corrected chi connectivity index (χ3v) is 5.78. The van der Waals surface area contributed by atoms with Crippen LogP contribution in [0.25, 0.3) is 10.2 Å². The minimum atomic E-state index is -0.439. The maximum absolute atomic E-state index is 13.1. The van der Waals surface area contributed by atoms with Crippen molar-refractivity contribution >= 4 is 27.5 Å². The van der Waals surface area contributed by atoms with Gasteiger partial charge in [-0.15, -0.1) is 0 Å². The monoisotopic (exact) mass is 446 g/mol. The van der Waals surface area contributed by atoms with Gasteiger partial charge in [-0.1, -0.05) is 11.3 Å². The van der Waals surface area contributed by atoms with Crippen LogP contribution in [-0.4, -0.2) is 52.1 Å². The van der Waals surface area contributed by atoms with Crippen LogP contribution in [0, 0.1) is 0 Å². The van der Waals surface area contributed by atoms with Crippen molar-refractivity contribution in [1.82, 2.24) is 4.57 Å². The minimum Gasteiger partial charge on any atom is -0.497 e. The molecule has 0 saturated carbocycles. The molecule has 1 aromatic heterocycles. The molecule has 0 N–H and O–H groups in total. The average molecular weight is 447 g/mol. The fourth-order valence-corrected chi connectivity index (χ4v) is 4.34. The fraction of sp³-hybridized carbons (Fsp3) is 0.364. The normalized spacial score (nSPS) is 11.6. The van der Waals surface area contributed by atoms with Crippen molar-refractivity contribution in [1.29, 1.82) is 0 Å². The Labute approximate surface area is 184 Å². The maximum Gasteiger partial charge on any atom is 0.283 e. The summed E-state index contributed by atoms with van der Waals surface area (Å²) in [4.78, 5) is 18.1. The molecule has 0 bridgehead atoms. The van der Waals surface area contributed by atoms with E-state index in [1.165, 1.54) is 18.4 Å². The predicted octanol–water partition coefficient (Wildman–Crippen LogP) is 3.51. The first-order valence-electron chi connectivity index (χ1n) is 9.71. The van der Waals surface area contributed by atoms with Crippen molar-refractivity contribution in [2.45, 2.75) is 13.5 Å². The summed E-state index contributed by atoms with van der Waals surface area (Å²) in [5.74, 6) is 1.87. The molecule has 3 aromatic rings. The number of benzene rings is 2. The van der Waals surface area contributed by atoms with Gasteiger partial charge in [-0.05, 0) is 37.3 Å². The van der Waals surface area contributed by atoms with Crippen molar-refractivity contribution in [2.24, 2.45) is 4.99 Å². The van der Waals surface area contributed by atoms with E-state index in [2.05, 4.69) is 4.99 Å². The molecule has 3 rings (SSSR count). The lowest BCUT2D eigenvalue weighted by Crippen LogP contribution is -2.20. The molecule has 1 amide bonds. The molecule has 0 aliphatic carbocycles. The Kier molecular flexibility index (Phi) is 7.54. The number of amides is 1. The van der Waals surface area contributed by atoms with Gasteiger partial charge in [-0.2, -0.15) is 4.99 Å². The van der Waals surface area contributed by atoms with Gasteiger partial charge in [0.15, 0.2) is 4.80 Å². The SMILES string of the molecule is CCOCCn1c(=NC(=O)c2cc(OC)ccc2OC)sc2c(OC)ccc(OC)c21. The topological polar surface area (TPSA) is 80.5 Å². The van der Waals surface area contributed by atoms with Crippen LogP contribution in [0.1, 0.15) is 17.3 Å². The van der Waals surface area contributed by atoms with Crippen LogP contribution in [0.2, 0.25) is 0 Å². The van der Waals surface area contributed by atoms with Gasteiger partial charge >= 0.3 is 0 Å². The molecular weight excluding hydrogens is 420 g/mol. The number of aromatic nitrogens is 1. The highest BCUT2D eigenvalue weighted by Gasteiger charge is 2.18. The highest BCUT2D eigenvalue weighted by molar-refractivity contribution is 7.16. The van der Waals surface area contributed by atoms with E-state index in [1.54, 1.807) is 39.5 Å². The van der Waals surface area contributed by atoms with Crippen LogP contribution in [0.3, 0.4) is 0 Å². The lowest BCUT2D eigenvalue weighted by molar-refractivity contribution is 0.0993. The van der Waals surface area contributed by atoms with Crippen molar-refractivity contribution in [3.8, 4) is 23.0 Å². The summed E-state index contributed by atoms with van der Waals surface area (Å²) in [5.41, 5.74) is 1.12. The van der Waals surface area contributed by atoms with Crippen molar-refractivity contribution < 1.29 is 28.5 Å². The number of carbonyl (C=O) groups excluding carboxylic acids is 1. The molecular formula is C22H26N2O6S. The van der Waals surface area contributed by atoms with Gasteiger partial charge in [0.05, 0.1) is 40.6 Å². The summed E-state index contributed by atoms with van der Waals surface area (Å²) in [5, 5.41) is 0. The number of fused-ring (bicyclic) bond motifs is 1. The molecule has 9 heteroatoms. The Morgan fingerprint density at radius 3 is 2.29 bits per heavy atom. The van der Waals surface area contributed by atoms with Gasteiger partial charge in [0, 0.05) is 13.2 Å². The van der Waals surface area contributed by atoms with E-state index in [-0.39, 0.29) is 0 Å². The van der Waals surface area contributed by atoms with E-state index in [9.17, 15) is 4.79 Å². The average Bonchev–Trinajstić information content (AvgIpc) is 3.16. The number of hydrogen-bond acceptors (Lipinski definition) is 7. The molecule has 0 aliphatic rings. The second kappa shape index (κ2) is 10.3. The fourth-order valence-electron chi connectivity index (χ4n) is 3.18. The van der Waals surface area contributed by atoms with Crippen molar-refractivity contribution in [2.75, 3.05) is 41.7 Å². The van der Waals surface area contributed by atoms with Crippen LogP contribution in [0.5, 0.6) is 23.0 Å². The van der Waals surface area contributed by atoms with E-state index in [0.717, 1.165) is 10.2 Å². The van der Waals surface area contributed by atoms with Crippen LogP contribution < -0.4 is 23.7 Å². The van der Waals surface area contributed by atoms with Gasteiger partial charge in [-0.3, -0.25) is 4.79 Å². The van der Waals surface area contributed by atoms with Gasteiger partial charge in [0.2, 0.25) is 0 Å². The highest BCUT2D eigenvalue weighted by Crippen LogP contribution is 2.35. The van der Waals surface area contributed by atoms with Crippen LogP contribution >= 0.6 is 11.3 Å². The number of rotatable bonds is 9. The Balaban J connectivity index is 2.21. The third-order valence-electron chi connectivity index (χ3n) is 4.69. The van der Waals surface area contributed by atoms with Crippen LogP contribution in [0.15, 0.2) is 35.3 Å². The lowest BCUT2D eigenvalue weighted by atomic mass is 10.2. The smallest absolute Gasteiger partial charge is 0.283 e. The first kappa shape index (κ1) is 22.6.